The number of esters is 1. The van der Waals surface area contributed by atoms with E-state index >= 15 is 0 Å². The molecule has 0 aliphatic heterocycles. The molecule has 1 aliphatic rings. The van der Waals surface area contributed by atoms with Gasteiger partial charge in [-0.3, -0.25) is 0 Å². The van der Waals surface area contributed by atoms with Gasteiger partial charge in [0.25, 0.3) is 5.89 Å². The Morgan fingerprint density at radius 2 is 2.00 bits per heavy atom. The van der Waals surface area contributed by atoms with Crippen molar-refractivity contribution in [1.82, 2.24) is 10.2 Å². The topological polar surface area (TPSA) is 78.4 Å². The van der Waals surface area contributed by atoms with Crippen LogP contribution in [0, 0.1) is 6.92 Å². The van der Waals surface area contributed by atoms with Gasteiger partial charge in [0, 0.05) is 28.9 Å². The van der Waals surface area contributed by atoms with Crippen LogP contribution < -0.4 is 0 Å². The molecule has 0 unspecified atom stereocenters. The summed E-state index contributed by atoms with van der Waals surface area (Å²) >= 11 is 1.91. The number of carbonyl (C=O) groups excluding carboxylic acids is 1. The van der Waals surface area contributed by atoms with Crippen LogP contribution in [0.2, 0.25) is 0 Å². The van der Waals surface area contributed by atoms with Crippen LogP contribution in [0.15, 0.2) is 33.1 Å². The van der Waals surface area contributed by atoms with Crippen LogP contribution in [-0.2, 0) is 17.1 Å². The Morgan fingerprint density at radius 1 is 1.19 bits per heavy atom. The summed E-state index contributed by atoms with van der Waals surface area (Å²) in [7, 11) is 0. The van der Waals surface area contributed by atoms with Gasteiger partial charge in [-0.05, 0) is 18.9 Å². The first-order valence-corrected chi connectivity index (χ1v) is 10.3. The summed E-state index contributed by atoms with van der Waals surface area (Å²) in [5, 5.41) is 9.21. The smallest absolute Gasteiger partial charge is 0.375 e. The Hall–Kier alpha value is -2.28. The molecule has 1 saturated carbocycles. The number of aromatic nitrogens is 2. The molecule has 0 bridgehead atoms. The minimum Gasteiger partial charge on any atom is -0.450 e. The number of benzene rings is 1. The standard InChI is InChI=1S/C20H22N2O4S/c1-13-21-22-18(25-13)11-24-20(23)19-16(12-27-14-7-3-2-4-8-14)15-9-5-6-10-17(15)26-19/h5-6,9-10,14H,2-4,7-8,11-12H2,1H3. The number of thioether (sulfide) groups is 1. The largest absolute Gasteiger partial charge is 0.450 e. The van der Waals surface area contributed by atoms with Crippen molar-refractivity contribution in [3.05, 3.63) is 47.4 Å². The van der Waals surface area contributed by atoms with E-state index in [1.54, 1.807) is 6.92 Å². The van der Waals surface area contributed by atoms with E-state index in [2.05, 4.69) is 10.2 Å². The molecule has 6 nitrogen and oxygen atoms in total. The molecule has 0 amide bonds. The van der Waals surface area contributed by atoms with Crippen molar-refractivity contribution in [1.29, 1.82) is 0 Å². The van der Waals surface area contributed by atoms with Crippen LogP contribution >= 0.6 is 11.8 Å². The first-order valence-electron chi connectivity index (χ1n) is 9.29. The summed E-state index contributed by atoms with van der Waals surface area (Å²) in [5.74, 6) is 1.23. The van der Waals surface area contributed by atoms with Gasteiger partial charge in [0.1, 0.15) is 5.58 Å². The minimum absolute atomic E-state index is 0.0636. The second kappa shape index (κ2) is 8.17. The number of hydrogen-bond acceptors (Lipinski definition) is 7. The Morgan fingerprint density at radius 3 is 2.78 bits per heavy atom. The second-order valence-corrected chi connectivity index (χ2v) is 8.06. The van der Waals surface area contributed by atoms with Crippen molar-refractivity contribution in [3.63, 3.8) is 0 Å². The van der Waals surface area contributed by atoms with Crippen LogP contribution in [0.1, 0.15) is 60.0 Å². The summed E-state index contributed by atoms with van der Waals surface area (Å²) in [6.45, 7) is 1.63. The summed E-state index contributed by atoms with van der Waals surface area (Å²) in [6.07, 6.45) is 6.41. The maximum absolute atomic E-state index is 12.7. The van der Waals surface area contributed by atoms with Gasteiger partial charge in [0.05, 0.1) is 0 Å². The summed E-state index contributed by atoms with van der Waals surface area (Å²) in [6, 6.07) is 7.74. The lowest BCUT2D eigenvalue weighted by Gasteiger charge is -2.20. The third-order valence-electron chi connectivity index (χ3n) is 4.79. The fourth-order valence-electron chi connectivity index (χ4n) is 3.43. The predicted octanol–water partition coefficient (Wildman–Crippen LogP) is 5.05. The lowest BCUT2D eigenvalue weighted by atomic mass is 10.0. The molecule has 0 spiro atoms. The quantitative estimate of drug-likeness (QED) is 0.549. The average molecular weight is 386 g/mol. The zero-order valence-electron chi connectivity index (χ0n) is 15.3. The van der Waals surface area contributed by atoms with Crippen LogP contribution in [0.25, 0.3) is 11.0 Å². The van der Waals surface area contributed by atoms with Crippen LogP contribution in [0.3, 0.4) is 0 Å². The number of carbonyl (C=O) groups is 1. The van der Waals surface area contributed by atoms with E-state index in [0.717, 1.165) is 16.7 Å². The summed E-state index contributed by atoms with van der Waals surface area (Å²) in [5.41, 5.74) is 1.62. The first-order chi connectivity index (χ1) is 13.2. The third-order valence-corrected chi connectivity index (χ3v) is 6.19. The first kappa shape index (κ1) is 18.1. The van der Waals surface area contributed by atoms with Crippen molar-refractivity contribution in [3.8, 4) is 0 Å². The summed E-state index contributed by atoms with van der Waals surface area (Å²) in [4.78, 5) is 12.7. The highest BCUT2D eigenvalue weighted by molar-refractivity contribution is 7.99. The van der Waals surface area contributed by atoms with Gasteiger partial charge in [-0.15, -0.1) is 10.2 Å². The Kier molecular flexibility index (Phi) is 5.48. The van der Waals surface area contributed by atoms with E-state index < -0.39 is 5.97 Å². The fourth-order valence-corrected chi connectivity index (χ4v) is 4.78. The number of fused-ring (bicyclic) bond motifs is 1. The van der Waals surface area contributed by atoms with Crippen LogP contribution in [-0.4, -0.2) is 21.4 Å². The van der Waals surface area contributed by atoms with E-state index in [-0.39, 0.29) is 18.3 Å². The van der Waals surface area contributed by atoms with Crippen molar-refractivity contribution in [2.45, 2.75) is 56.6 Å². The molecule has 27 heavy (non-hydrogen) atoms. The molecule has 4 rings (SSSR count). The monoisotopic (exact) mass is 386 g/mol. The number of ether oxygens (including phenoxy) is 1. The predicted molar refractivity (Wildman–Crippen MR) is 103 cm³/mol. The van der Waals surface area contributed by atoms with Crippen molar-refractivity contribution in [2.24, 2.45) is 0 Å². The fraction of sp³-hybridized carbons (Fsp3) is 0.450. The number of para-hydroxylation sites is 1. The van der Waals surface area contributed by atoms with Gasteiger partial charge >= 0.3 is 5.97 Å². The van der Waals surface area contributed by atoms with E-state index in [1.807, 2.05) is 36.0 Å². The molecule has 0 radical (unpaired) electrons. The molecule has 1 aliphatic carbocycles. The molecule has 0 atom stereocenters. The number of nitrogens with zero attached hydrogens (tertiary/aromatic N) is 2. The van der Waals surface area contributed by atoms with Crippen LogP contribution in [0.5, 0.6) is 0 Å². The minimum atomic E-state index is -0.499. The van der Waals surface area contributed by atoms with Crippen molar-refractivity contribution in [2.75, 3.05) is 0 Å². The normalized spacial score (nSPS) is 15.3. The van der Waals surface area contributed by atoms with E-state index in [4.69, 9.17) is 13.6 Å². The summed E-state index contributed by atoms with van der Waals surface area (Å²) < 4.78 is 16.4. The zero-order valence-corrected chi connectivity index (χ0v) is 16.1. The van der Waals surface area contributed by atoms with E-state index in [9.17, 15) is 4.79 Å². The lowest BCUT2D eigenvalue weighted by Crippen LogP contribution is -2.10. The van der Waals surface area contributed by atoms with Gasteiger partial charge < -0.3 is 13.6 Å². The van der Waals surface area contributed by atoms with Gasteiger partial charge in [0.2, 0.25) is 11.7 Å². The second-order valence-electron chi connectivity index (χ2n) is 6.77. The number of furan rings is 1. The molecule has 1 aromatic carbocycles. The molecule has 0 N–H and O–H groups in total. The molecular formula is C20H22N2O4S. The molecule has 2 heterocycles. The van der Waals surface area contributed by atoms with Gasteiger partial charge in [-0.25, -0.2) is 4.79 Å². The molecule has 2 aromatic heterocycles. The SMILES string of the molecule is Cc1nnc(COC(=O)c2oc3ccccc3c2CSC2CCCCC2)o1. The Labute approximate surface area is 161 Å². The molecule has 7 heteroatoms. The molecular weight excluding hydrogens is 364 g/mol. The lowest BCUT2D eigenvalue weighted by molar-refractivity contribution is 0.0402. The average Bonchev–Trinajstić information content (AvgIpc) is 3.28. The number of rotatable bonds is 6. The van der Waals surface area contributed by atoms with E-state index in [0.29, 0.717) is 16.7 Å². The highest BCUT2D eigenvalue weighted by Gasteiger charge is 2.24. The highest BCUT2D eigenvalue weighted by Crippen LogP contribution is 2.35. The van der Waals surface area contributed by atoms with Gasteiger partial charge in [-0.2, -0.15) is 11.8 Å². The maximum atomic E-state index is 12.7. The Bertz CT molecular complexity index is 927. The molecule has 3 aromatic rings. The maximum Gasteiger partial charge on any atom is 0.375 e. The van der Waals surface area contributed by atoms with Gasteiger partial charge in [-0.1, -0.05) is 37.5 Å². The Balaban J connectivity index is 1.52. The van der Waals surface area contributed by atoms with E-state index in [1.165, 1.54) is 32.1 Å². The molecule has 0 saturated heterocycles. The van der Waals surface area contributed by atoms with Gasteiger partial charge in [0.15, 0.2) is 6.61 Å². The molecule has 142 valence electrons. The van der Waals surface area contributed by atoms with Crippen LogP contribution in [0.4, 0.5) is 0 Å². The highest BCUT2D eigenvalue weighted by atomic mass is 32.2. The molecule has 1 fully saturated rings. The van der Waals surface area contributed by atoms with Crippen molar-refractivity contribution >= 4 is 28.7 Å². The zero-order chi connectivity index (χ0) is 18.6. The van der Waals surface area contributed by atoms with Crippen molar-refractivity contribution < 1.29 is 18.4 Å². The third kappa shape index (κ3) is 4.18. The number of hydrogen-bond donors (Lipinski definition) is 0. The number of aryl methyl sites for hydroxylation is 1.